The molecule has 0 N–H and O–H groups in total. The summed E-state index contributed by atoms with van der Waals surface area (Å²) >= 11 is 0. The van der Waals surface area contributed by atoms with Gasteiger partial charge in [0.05, 0.1) is 24.3 Å². The number of benzene rings is 2. The van der Waals surface area contributed by atoms with Gasteiger partial charge in [0.2, 0.25) is 0 Å². The Bertz CT molecular complexity index is 837. The van der Waals surface area contributed by atoms with Gasteiger partial charge in [0, 0.05) is 13.2 Å². The summed E-state index contributed by atoms with van der Waals surface area (Å²) in [4.78, 5) is 14.5. The van der Waals surface area contributed by atoms with Crippen LogP contribution in [-0.4, -0.2) is 27.6 Å². The van der Waals surface area contributed by atoms with Crippen LogP contribution in [-0.2, 0) is 6.54 Å². The smallest absolute Gasteiger partial charge is 0.257 e. The third-order valence-corrected chi connectivity index (χ3v) is 4.53. The molecular weight excluding hydrogens is 310 g/mol. The molecule has 128 valence electrons. The molecule has 0 aliphatic carbocycles. The van der Waals surface area contributed by atoms with Crippen molar-refractivity contribution in [3.8, 4) is 0 Å². The maximum absolute atomic E-state index is 12.8. The lowest BCUT2D eigenvalue weighted by Crippen LogP contribution is -2.29. The lowest BCUT2D eigenvalue weighted by molar-refractivity contribution is 0.0742. The Hall–Kier alpha value is -2.88. The summed E-state index contributed by atoms with van der Waals surface area (Å²) in [6, 6.07) is 18.4. The van der Waals surface area contributed by atoms with E-state index in [9.17, 15) is 4.79 Å². The molecule has 1 atom stereocenters. The number of aromatic nitrogens is 2. The highest BCUT2D eigenvalue weighted by Crippen LogP contribution is 2.21. The summed E-state index contributed by atoms with van der Waals surface area (Å²) in [6.07, 6.45) is 3.46. The molecule has 4 nitrogen and oxygen atoms in total. The van der Waals surface area contributed by atoms with Gasteiger partial charge in [-0.2, -0.15) is 5.10 Å². The van der Waals surface area contributed by atoms with Gasteiger partial charge < -0.3 is 4.90 Å². The number of nitrogens with zero attached hydrogens (tertiary/aromatic N) is 3. The second-order valence-electron chi connectivity index (χ2n) is 6.41. The molecule has 0 saturated carbocycles. The van der Waals surface area contributed by atoms with Gasteiger partial charge in [-0.15, -0.1) is 0 Å². The zero-order valence-corrected chi connectivity index (χ0v) is 14.9. The van der Waals surface area contributed by atoms with Crippen LogP contribution in [0.4, 0.5) is 0 Å². The third-order valence-electron chi connectivity index (χ3n) is 4.53. The summed E-state index contributed by atoms with van der Waals surface area (Å²) < 4.78 is 1.80. The molecule has 0 aliphatic rings. The molecule has 1 aromatic heterocycles. The molecule has 1 amide bonds. The highest BCUT2D eigenvalue weighted by Gasteiger charge is 2.20. The standard InChI is InChI=1S/C21H23N3O/c1-16-9-11-19(12-10-16)17(2)23(3)21(25)20-13-22-24(15-20)14-18-7-5-4-6-8-18/h4-13,15,17H,14H2,1-3H3. The Morgan fingerprint density at radius 2 is 1.80 bits per heavy atom. The third kappa shape index (κ3) is 3.97. The van der Waals surface area contributed by atoms with Crippen molar-refractivity contribution in [2.45, 2.75) is 26.4 Å². The van der Waals surface area contributed by atoms with Gasteiger partial charge in [-0.3, -0.25) is 9.48 Å². The highest BCUT2D eigenvalue weighted by atomic mass is 16.2. The molecule has 0 saturated heterocycles. The van der Waals surface area contributed by atoms with E-state index >= 15 is 0 Å². The minimum atomic E-state index is -0.0209. The second-order valence-corrected chi connectivity index (χ2v) is 6.41. The summed E-state index contributed by atoms with van der Waals surface area (Å²) in [6.45, 7) is 4.76. The minimum absolute atomic E-state index is 0.00516. The first-order valence-electron chi connectivity index (χ1n) is 8.44. The Balaban J connectivity index is 1.71. The molecule has 25 heavy (non-hydrogen) atoms. The van der Waals surface area contributed by atoms with Crippen LogP contribution in [0.5, 0.6) is 0 Å². The molecule has 3 aromatic rings. The number of aryl methyl sites for hydroxylation is 1. The van der Waals surface area contributed by atoms with Crippen molar-refractivity contribution in [2.75, 3.05) is 7.05 Å². The van der Waals surface area contributed by atoms with Gasteiger partial charge in [0.25, 0.3) is 5.91 Å². The normalized spacial score (nSPS) is 12.0. The molecule has 0 fully saturated rings. The van der Waals surface area contributed by atoms with E-state index in [1.54, 1.807) is 15.8 Å². The summed E-state index contributed by atoms with van der Waals surface area (Å²) in [7, 11) is 1.83. The van der Waals surface area contributed by atoms with E-state index in [0.717, 1.165) is 11.1 Å². The number of carbonyl (C=O) groups excluding carboxylic acids is 1. The Morgan fingerprint density at radius 1 is 1.12 bits per heavy atom. The topological polar surface area (TPSA) is 38.1 Å². The zero-order chi connectivity index (χ0) is 17.8. The summed E-state index contributed by atoms with van der Waals surface area (Å²) in [5, 5.41) is 4.33. The van der Waals surface area contributed by atoms with E-state index in [1.807, 2.05) is 38.4 Å². The Kier molecular flexibility index (Phi) is 4.98. The maximum atomic E-state index is 12.8. The SMILES string of the molecule is Cc1ccc(C(C)N(C)C(=O)c2cnn(Cc3ccccc3)c2)cc1. The van der Waals surface area contributed by atoms with E-state index in [4.69, 9.17) is 0 Å². The number of carbonyl (C=O) groups is 1. The lowest BCUT2D eigenvalue weighted by atomic mass is 10.1. The van der Waals surface area contributed by atoms with E-state index in [0.29, 0.717) is 12.1 Å². The first-order chi connectivity index (χ1) is 12.0. The lowest BCUT2D eigenvalue weighted by Gasteiger charge is -2.25. The molecule has 1 unspecified atom stereocenters. The van der Waals surface area contributed by atoms with Gasteiger partial charge in [0.15, 0.2) is 0 Å². The molecule has 0 aliphatic heterocycles. The summed E-state index contributed by atoms with van der Waals surface area (Å²) in [5.74, 6) is -0.0209. The van der Waals surface area contributed by atoms with Crippen LogP contribution in [0.3, 0.4) is 0 Å². The van der Waals surface area contributed by atoms with Crippen LogP contribution in [0.2, 0.25) is 0 Å². The molecular formula is C21H23N3O. The molecule has 1 heterocycles. The van der Waals surface area contributed by atoms with Gasteiger partial charge in [-0.25, -0.2) is 0 Å². The van der Waals surface area contributed by atoms with Crippen LogP contribution in [0.15, 0.2) is 67.0 Å². The fourth-order valence-electron chi connectivity index (χ4n) is 2.78. The van der Waals surface area contributed by atoms with E-state index < -0.39 is 0 Å². The van der Waals surface area contributed by atoms with Gasteiger partial charge in [-0.1, -0.05) is 60.2 Å². The Morgan fingerprint density at radius 3 is 2.48 bits per heavy atom. The maximum Gasteiger partial charge on any atom is 0.257 e. The van der Waals surface area contributed by atoms with Crippen molar-refractivity contribution in [1.29, 1.82) is 0 Å². The summed E-state index contributed by atoms with van der Waals surface area (Å²) in [5.41, 5.74) is 4.11. The largest absolute Gasteiger partial charge is 0.335 e. The monoisotopic (exact) mass is 333 g/mol. The van der Waals surface area contributed by atoms with Crippen LogP contribution in [0.1, 0.15) is 40.0 Å². The van der Waals surface area contributed by atoms with Crippen LogP contribution in [0.25, 0.3) is 0 Å². The molecule has 2 aromatic carbocycles. The number of amides is 1. The molecule has 0 spiro atoms. The average Bonchev–Trinajstić information content (AvgIpc) is 3.10. The number of hydrogen-bond acceptors (Lipinski definition) is 2. The van der Waals surface area contributed by atoms with Gasteiger partial charge in [0.1, 0.15) is 0 Å². The highest BCUT2D eigenvalue weighted by molar-refractivity contribution is 5.93. The fraction of sp³-hybridized carbons (Fsp3) is 0.238. The first kappa shape index (κ1) is 17.0. The van der Waals surface area contributed by atoms with E-state index in [1.165, 1.54) is 5.56 Å². The number of hydrogen-bond donors (Lipinski definition) is 0. The van der Waals surface area contributed by atoms with Crippen molar-refractivity contribution < 1.29 is 4.79 Å². The van der Waals surface area contributed by atoms with E-state index in [-0.39, 0.29) is 11.9 Å². The first-order valence-corrected chi connectivity index (χ1v) is 8.44. The molecule has 3 rings (SSSR count). The van der Waals surface area contributed by atoms with Gasteiger partial charge >= 0.3 is 0 Å². The van der Waals surface area contributed by atoms with Crippen LogP contribution >= 0.6 is 0 Å². The minimum Gasteiger partial charge on any atom is -0.335 e. The van der Waals surface area contributed by atoms with Crippen molar-refractivity contribution >= 4 is 5.91 Å². The molecule has 0 radical (unpaired) electrons. The molecule has 0 bridgehead atoms. The van der Waals surface area contributed by atoms with Crippen molar-refractivity contribution in [2.24, 2.45) is 0 Å². The predicted molar refractivity (Wildman–Crippen MR) is 99.5 cm³/mol. The second kappa shape index (κ2) is 7.34. The Labute approximate surface area is 148 Å². The zero-order valence-electron chi connectivity index (χ0n) is 14.9. The fourth-order valence-corrected chi connectivity index (χ4v) is 2.78. The average molecular weight is 333 g/mol. The number of rotatable bonds is 5. The predicted octanol–water partition coefficient (Wildman–Crippen LogP) is 4.07. The quantitative estimate of drug-likeness (QED) is 0.706. The van der Waals surface area contributed by atoms with Crippen molar-refractivity contribution in [3.05, 3.63) is 89.2 Å². The van der Waals surface area contributed by atoms with Crippen molar-refractivity contribution in [3.63, 3.8) is 0 Å². The van der Waals surface area contributed by atoms with E-state index in [2.05, 4.69) is 48.4 Å². The van der Waals surface area contributed by atoms with Crippen LogP contribution < -0.4 is 0 Å². The van der Waals surface area contributed by atoms with Gasteiger partial charge in [-0.05, 0) is 25.0 Å². The van der Waals surface area contributed by atoms with Crippen LogP contribution in [0, 0.1) is 6.92 Å². The van der Waals surface area contributed by atoms with Crippen molar-refractivity contribution in [1.82, 2.24) is 14.7 Å². The molecule has 4 heteroatoms.